The van der Waals surface area contributed by atoms with Gasteiger partial charge in [-0.15, -0.1) is 24.0 Å². The van der Waals surface area contributed by atoms with Gasteiger partial charge in [-0.25, -0.2) is 4.99 Å². The van der Waals surface area contributed by atoms with E-state index in [1.54, 1.807) is 0 Å². The maximum atomic E-state index is 12.1. The number of anilines is 2. The molecule has 2 aromatic carbocycles. The van der Waals surface area contributed by atoms with Crippen LogP contribution in [0.5, 0.6) is 0 Å². The average molecular weight is 578 g/mol. The molecule has 34 heavy (non-hydrogen) atoms. The van der Waals surface area contributed by atoms with Crippen molar-refractivity contribution in [1.82, 2.24) is 10.6 Å². The van der Waals surface area contributed by atoms with Gasteiger partial charge in [0.25, 0.3) is 0 Å². The highest BCUT2D eigenvalue weighted by atomic mass is 127. The van der Waals surface area contributed by atoms with Gasteiger partial charge in [-0.2, -0.15) is 0 Å². The molecular weight excluding hydrogens is 541 g/mol. The van der Waals surface area contributed by atoms with Crippen molar-refractivity contribution in [3.8, 4) is 0 Å². The van der Waals surface area contributed by atoms with E-state index in [1.165, 1.54) is 11.3 Å². The topological polar surface area (TPSA) is 89.0 Å². The van der Waals surface area contributed by atoms with Crippen molar-refractivity contribution in [2.75, 3.05) is 43.0 Å². The first-order valence-electron chi connectivity index (χ1n) is 12.0. The van der Waals surface area contributed by atoms with Crippen LogP contribution in [0, 0.1) is 5.92 Å². The Balaban J connectivity index is 0.00000324. The molecule has 2 heterocycles. The monoisotopic (exact) mass is 577 g/mol. The molecule has 1 amide bonds. The van der Waals surface area contributed by atoms with E-state index in [1.807, 2.05) is 18.2 Å². The van der Waals surface area contributed by atoms with Gasteiger partial charge in [-0.05, 0) is 55.0 Å². The van der Waals surface area contributed by atoms with Crippen LogP contribution >= 0.6 is 24.0 Å². The zero-order valence-corrected chi connectivity index (χ0v) is 22.1. The molecule has 1 fully saturated rings. The van der Waals surface area contributed by atoms with Crippen LogP contribution in [0.15, 0.2) is 53.5 Å². The van der Waals surface area contributed by atoms with E-state index < -0.39 is 0 Å². The maximum Gasteiger partial charge on any atom is 0.225 e. The quantitative estimate of drug-likeness (QED) is 0.229. The van der Waals surface area contributed by atoms with Crippen LogP contribution in [0.2, 0.25) is 0 Å². The summed E-state index contributed by atoms with van der Waals surface area (Å²) in [7, 11) is 0. The lowest BCUT2D eigenvalue weighted by Gasteiger charge is -2.32. The molecule has 0 aromatic heterocycles. The fraction of sp³-hybridized carbons (Fsp3) is 0.462. The summed E-state index contributed by atoms with van der Waals surface area (Å²) in [5, 5.41) is 19.0. The second-order valence-electron chi connectivity index (χ2n) is 8.89. The molecule has 0 bridgehead atoms. The van der Waals surface area contributed by atoms with Crippen molar-refractivity contribution in [2.45, 2.75) is 38.6 Å². The number of halogens is 1. The number of aliphatic hydroxyl groups is 1. The van der Waals surface area contributed by atoms with Crippen LogP contribution in [0.4, 0.5) is 11.4 Å². The number of guanidine groups is 1. The lowest BCUT2D eigenvalue weighted by atomic mass is 9.90. The molecule has 0 radical (unpaired) electrons. The molecule has 0 aliphatic carbocycles. The van der Waals surface area contributed by atoms with E-state index in [0.717, 1.165) is 49.7 Å². The van der Waals surface area contributed by atoms with Crippen LogP contribution < -0.4 is 20.9 Å². The Morgan fingerprint density at radius 3 is 2.56 bits per heavy atom. The van der Waals surface area contributed by atoms with E-state index in [0.29, 0.717) is 32.0 Å². The normalized spacial score (nSPS) is 18.5. The van der Waals surface area contributed by atoms with E-state index in [-0.39, 0.29) is 35.8 Å². The summed E-state index contributed by atoms with van der Waals surface area (Å²) in [5.74, 6) is 1.38. The molecule has 4 N–H and O–H groups in total. The minimum Gasteiger partial charge on any atom is -0.396 e. The van der Waals surface area contributed by atoms with E-state index in [9.17, 15) is 9.90 Å². The van der Waals surface area contributed by atoms with Gasteiger partial charge in [0.15, 0.2) is 5.96 Å². The fourth-order valence-corrected chi connectivity index (χ4v) is 4.60. The number of aliphatic imine (C=N–C) groups is 1. The highest BCUT2D eigenvalue weighted by Crippen LogP contribution is 2.31. The molecule has 2 aromatic rings. The Morgan fingerprint density at radius 1 is 1.12 bits per heavy atom. The van der Waals surface area contributed by atoms with Crippen molar-refractivity contribution < 1.29 is 9.90 Å². The largest absolute Gasteiger partial charge is 0.396 e. The third-order valence-electron chi connectivity index (χ3n) is 6.56. The number of rotatable bonds is 7. The number of aliphatic hydroxyl groups excluding tert-OH is 1. The molecule has 1 atom stereocenters. The summed E-state index contributed by atoms with van der Waals surface area (Å²) in [4.78, 5) is 19.2. The number of piperidine rings is 1. The van der Waals surface area contributed by atoms with Crippen molar-refractivity contribution in [1.29, 1.82) is 0 Å². The third kappa shape index (κ3) is 6.85. The molecule has 1 unspecified atom stereocenters. The Morgan fingerprint density at radius 2 is 1.85 bits per heavy atom. The van der Waals surface area contributed by atoms with E-state index in [4.69, 9.17) is 4.99 Å². The molecular formula is C26H36IN5O2. The van der Waals surface area contributed by atoms with Gasteiger partial charge < -0.3 is 26.0 Å². The average Bonchev–Trinajstić information content (AvgIpc) is 2.86. The van der Waals surface area contributed by atoms with Gasteiger partial charge in [0.1, 0.15) is 0 Å². The van der Waals surface area contributed by atoms with Gasteiger partial charge in [-0.1, -0.05) is 30.3 Å². The lowest BCUT2D eigenvalue weighted by Crippen LogP contribution is -2.40. The predicted molar refractivity (Wildman–Crippen MR) is 149 cm³/mol. The Kier molecular flexibility index (Phi) is 10.0. The van der Waals surface area contributed by atoms with Crippen molar-refractivity contribution in [3.63, 3.8) is 0 Å². The number of nitrogens with one attached hydrogen (secondary N) is 3. The number of nitrogens with zero attached hydrogens (tertiary/aromatic N) is 2. The Labute approximate surface area is 219 Å². The smallest absolute Gasteiger partial charge is 0.225 e. The molecule has 0 saturated carbocycles. The van der Waals surface area contributed by atoms with Crippen LogP contribution in [-0.2, 0) is 11.3 Å². The van der Waals surface area contributed by atoms with Crippen molar-refractivity contribution >= 4 is 47.2 Å². The molecule has 2 aliphatic rings. The van der Waals surface area contributed by atoms with Crippen LogP contribution in [0.25, 0.3) is 0 Å². The van der Waals surface area contributed by atoms with E-state index >= 15 is 0 Å². The number of benzene rings is 2. The summed E-state index contributed by atoms with van der Waals surface area (Å²) in [6.45, 7) is 6.36. The standard InChI is InChI=1S/C26H35N5O2.HI/c1-2-27-26(29-17-21-15-25(33)30-24-6-4-3-5-23(21)24)28-16-19-7-9-22(10-8-19)31-13-11-20(18-32)12-14-31;/h3-10,20-21,32H,2,11-18H2,1H3,(H,30,33)(H2,27,28,29);1H. The Hall–Kier alpha value is -2.33. The Bertz CT molecular complexity index is 958. The van der Waals surface area contributed by atoms with Gasteiger partial charge in [0.05, 0.1) is 6.54 Å². The zero-order valence-electron chi connectivity index (χ0n) is 19.8. The van der Waals surface area contributed by atoms with Crippen LogP contribution in [0.3, 0.4) is 0 Å². The van der Waals surface area contributed by atoms with Gasteiger partial charge in [0, 0.05) is 56.5 Å². The second kappa shape index (κ2) is 12.9. The second-order valence-corrected chi connectivity index (χ2v) is 8.89. The molecule has 8 heteroatoms. The first kappa shape index (κ1) is 26.3. The van der Waals surface area contributed by atoms with Gasteiger partial charge >= 0.3 is 0 Å². The molecule has 2 aliphatic heterocycles. The maximum absolute atomic E-state index is 12.1. The number of fused-ring (bicyclic) bond motifs is 1. The van der Waals surface area contributed by atoms with Crippen molar-refractivity contribution in [3.05, 3.63) is 59.7 Å². The van der Waals surface area contributed by atoms with Crippen LogP contribution in [-0.4, -0.2) is 49.8 Å². The van der Waals surface area contributed by atoms with Crippen LogP contribution in [0.1, 0.15) is 43.2 Å². The fourth-order valence-electron chi connectivity index (χ4n) is 4.60. The molecule has 4 rings (SSSR count). The highest BCUT2D eigenvalue weighted by molar-refractivity contribution is 14.0. The summed E-state index contributed by atoms with van der Waals surface area (Å²) < 4.78 is 0. The number of carbonyl (C=O) groups is 1. The minimum absolute atomic E-state index is 0. The van der Waals surface area contributed by atoms with E-state index in [2.05, 4.69) is 58.1 Å². The SMILES string of the molecule is CCNC(=NCc1ccc(N2CCC(CO)CC2)cc1)NCC1CC(=O)Nc2ccccc21.I. The highest BCUT2D eigenvalue weighted by Gasteiger charge is 2.24. The van der Waals surface area contributed by atoms with Gasteiger partial charge in [-0.3, -0.25) is 4.79 Å². The zero-order chi connectivity index (χ0) is 23.0. The number of para-hydroxylation sites is 1. The first-order chi connectivity index (χ1) is 16.2. The predicted octanol–water partition coefficient (Wildman–Crippen LogP) is 3.69. The van der Waals surface area contributed by atoms with Crippen molar-refractivity contribution in [2.24, 2.45) is 10.9 Å². The number of hydrogen-bond donors (Lipinski definition) is 4. The number of hydrogen-bond acceptors (Lipinski definition) is 4. The lowest BCUT2D eigenvalue weighted by molar-refractivity contribution is -0.116. The number of amides is 1. The first-order valence-corrected chi connectivity index (χ1v) is 12.0. The molecule has 7 nitrogen and oxygen atoms in total. The minimum atomic E-state index is 0. The molecule has 1 saturated heterocycles. The number of carbonyl (C=O) groups excluding carboxylic acids is 1. The molecule has 184 valence electrons. The molecule has 0 spiro atoms. The third-order valence-corrected chi connectivity index (χ3v) is 6.56. The summed E-state index contributed by atoms with van der Waals surface area (Å²) in [6.07, 6.45) is 2.57. The van der Waals surface area contributed by atoms with Gasteiger partial charge in [0.2, 0.25) is 5.91 Å². The summed E-state index contributed by atoms with van der Waals surface area (Å²) in [6, 6.07) is 16.6. The summed E-state index contributed by atoms with van der Waals surface area (Å²) in [5.41, 5.74) is 4.46. The summed E-state index contributed by atoms with van der Waals surface area (Å²) >= 11 is 0.